The number of carbonyl (C=O) groups excluding carboxylic acids is 13. The number of likely N-dealkylation sites (tertiary alicyclic amines) is 2. The van der Waals surface area contributed by atoms with E-state index >= 15 is 0 Å². The van der Waals surface area contributed by atoms with E-state index in [1.54, 1.807) is 20.0 Å². The molecule has 1 aromatic heterocycles. The maximum atomic E-state index is 14.5. The van der Waals surface area contributed by atoms with Gasteiger partial charge in [0.1, 0.15) is 48.3 Å². The summed E-state index contributed by atoms with van der Waals surface area (Å²) in [4.78, 5) is 180. The third-order valence-corrected chi connectivity index (χ3v) is 15.1. The Morgan fingerprint density at radius 2 is 1.26 bits per heavy atom. The third-order valence-electron chi connectivity index (χ3n) is 15.1. The van der Waals surface area contributed by atoms with Crippen LogP contribution in [0.25, 0.3) is 10.9 Å². The highest BCUT2D eigenvalue weighted by atomic mass is 16.2. The Kier molecular flexibility index (Phi) is 27.3. The van der Waals surface area contributed by atoms with Gasteiger partial charge in [-0.05, 0) is 80.8 Å². The lowest BCUT2D eigenvalue weighted by Gasteiger charge is -2.32. The molecule has 0 saturated carbocycles. The van der Waals surface area contributed by atoms with Gasteiger partial charge in [-0.3, -0.25) is 62.3 Å². The lowest BCUT2D eigenvalue weighted by atomic mass is 9.95. The molecule has 12 N–H and O–H groups in total. The number of ketones is 1. The molecule has 0 unspecified atom stereocenters. The van der Waals surface area contributed by atoms with Crippen molar-refractivity contribution in [2.75, 3.05) is 33.2 Å². The topological polar surface area (TPSA) is 378 Å². The number of aromatic amines is 1. The number of hydrogen-bond donors (Lipinski definition) is 11. The van der Waals surface area contributed by atoms with E-state index in [-0.39, 0.29) is 57.0 Å². The second-order valence-corrected chi connectivity index (χ2v) is 22.7. The summed E-state index contributed by atoms with van der Waals surface area (Å²) in [7, 11) is 1.25. The highest BCUT2D eigenvalue weighted by molar-refractivity contribution is 6.36. The molecule has 26 heteroatoms. The minimum atomic E-state index is -1.53. The number of Topliss-reactive ketones (excluding diaryl/α,β-unsaturated/α-hetero) is 1. The smallest absolute Gasteiger partial charge is 0.287 e. The number of hydrogen-bond acceptors (Lipinski definition) is 13. The van der Waals surface area contributed by atoms with Crippen LogP contribution in [0.15, 0.2) is 30.5 Å². The Hall–Kier alpha value is -7.93. The molecule has 0 spiro atoms. The zero-order chi connectivity index (χ0) is 62.4. The average molecular weight is 1180 g/mol. The number of primary amides is 1. The summed E-state index contributed by atoms with van der Waals surface area (Å²) in [6, 6.07) is -1.67. The van der Waals surface area contributed by atoms with Crippen LogP contribution in [-0.2, 0) is 68.7 Å². The first kappa shape index (κ1) is 68.6. The summed E-state index contributed by atoms with van der Waals surface area (Å²) in [5, 5.41) is 24.2. The maximum absolute atomic E-state index is 14.5. The number of carbonyl (C=O) groups is 13. The Labute approximate surface area is 490 Å². The van der Waals surface area contributed by atoms with Gasteiger partial charge in [-0.2, -0.15) is 0 Å². The second kappa shape index (κ2) is 33.4. The van der Waals surface area contributed by atoms with Crippen LogP contribution in [0.1, 0.15) is 138 Å². The van der Waals surface area contributed by atoms with E-state index in [0.717, 1.165) is 16.5 Å². The van der Waals surface area contributed by atoms with Crippen molar-refractivity contribution in [1.82, 2.24) is 62.6 Å². The van der Waals surface area contributed by atoms with Gasteiger partial charge < -0.3 is 68.4 Å². The van der Waals surface area contributed by atoms with Gasteiger partial charge in [0.15, 0.2) is 0 Å². The second-order valence-electron chi connectivity index (χ2n) is 22.7. The number of nitrogens with two attached hydrogens (primary N) is 1. The molecule has 2 aliphatic heterocycles. The number of fused-ring (bicyclic) bond motifs is 1. The van der Waals surface area contributed by atoms with E-state index in [4.69, 9.17) is 5.73 Å². The molecule has 84 heavy (non-hydrogen) atoms. The third kappa shape index (κ3) is 20.4. The number of aromatic nitrogens is 1. The van der Waals surface area contributed by atoms with Crippen LogP contribution in [0, 0.1) is 17.8 Å². The highest BCUT2D eigenvalue weighted by Crippen LogP contribution is 2.24. The minimum absolute atomic E-state index is 0.0544. The average Bonchev–Trinajstić information content (AvgIpc) is 3.80. The molecule has 3 heterocycles. The number of likely N-dealkylation sites (N-methyl/N-ethyl adjacent to an activating group) is 1. The fraction of sp³-hybridized carbons (Fsp3) is 0.638. The van der Waals surface area contributed by atoms with Crippen molar-refractivity contribution < 1.29 is 62.3 Å². The first-order valence-electron chi connectivity index (χ1n) is 29.3. The first-order valence-corrected chi connectivity index (χ1v) is 29.3. The molecule has 2 aromatic rings. The predicted octanol–water partition coefficient (Wildman–Crippen LogP) is -0.237. The zero-order valence-electron chi connectivity index (χ0n) is 50.0. The molecular weight excluding hydrogens is 1090 g/mol. The molecule has 2 fully saturated rings. The van der Waals surface area contributed by atoms with Crippen LogP contribution in [0.5, 0.6) is 0 Å². The van der Waals surface area contributed by atoms with Crippen LogP contribution in [0.4, 0.5) is 0 Å². The van der Waals surface area contributed by atoms with Crippen molar-refractivity contribution in [2.45, 2.75) is 187 Å². The molecular formula is C58H89N13O13. The Balaban J connectivity index is 1.46. The van der Waals surface area contributed by atoms with Crippen LogP contribution >= 0.6 is 0 Å². The standard InChI is InChI=1S/C58H89N13O13/c1-10-12-18-39(66-52(78)40(22-23-46(73)56(82)60-9)65-47(74)30-62-54(80)44-20-15-24-70(44)48(75)31-63-51(77)42(26-32(3)4)64-35(8)72)53(79)69-49(34(7)11-2)57(83)68-43(27-33(5)6)58(84)71-25-16-21-45(71)55(81)67-41(50(59)76)28-36-29-61-38-19-14-13-17-37(36)38/h13-14,17,19,29,32-34,39-45,49,61H,10-12,15-16,18,20-28,30-31H2,1-9H3,(H2,59,76)(H,60,82)(H,62,80)(H,63,77)(H,64,72)(H,65,74)(H,66,78)(H,67,81)(H,68,83)(H,69,79)/t34-,39-,40-,41-,42-,43-,44-,45-,49-/m0/s1. The molecule has 0 radical (unpaired) electrons. The fourth-order valence-electron chi connectivity index (χ4n) is 10.4. The van der Waals surface area contributed by atoms with Gasteiger partial charge >= 0.3 is 0 Å². The van der Waals surface area contributed by atoms with Gasteiger partial charge in [0.2, 0.25) is 70.8 Å². The number of amides is 12. The summed E-state index contributed by atoms with van der Waals surface area (Å²) in [6.45, 7) is 13.4. The van der Waals surface area contributed by atoms with Gasteiger partial charge in [-0.25, -0.2) is 0 Å². The SMILES string of the molecule is CCCC[C@H](NC(=O)[C@H](CCC(=O)C(=O)NC)NC(=O)CNC(=O)[C@@H]1CCCN1C(=O)CNC(=O)[C@H](CC(C)C)NC(C)=O)C(=O)N[C@H](C(=O)N[C@@H](CC(C)C)C(=O)N1CCC[C@H]1C(=O)N[C@@H](Cc1c[nH]c2ccccc12)C(N)=O)[C@@H](C)CC. The summed E-state index contributed by atoms with van der Waals surface area (Å²) >= 11 is 0. The van der Waals surface area contributed by atoms with E-state index in [0.29, 0.717) is 38.5 Å². The van der Waals surface area contributed by atoms with Crippen LogP contribution in [-0.4, -0.2) is 173 Å². The number of nitrogens with one attached hydrogen (secondary N) is 10. The number of rotatable bonds is 33. The normalized spacial score (nSPS) is 17.4. The van der Waals surface area contributed by atoms with Crippen molar-refractivity contribution in [3.05, 3.63) is 36.0 Å². The molecule has 2 saturated heterocycles. The number of H-pyrrole nitrogens is 1. The van der Waals surface area contributed by atoms with Crippen molar-refractivity contribution in [3.63, 3.8) is 0 Å². The molecule has 464 valence electrons. The fourth-order valence-corrected chi connectivity index (χ4v) is 10.4. The molecule has 12 amide bonds. The summed E-state index contributed by atoms with van der Waals surface area (Å²) in [5.41, 5.74) is 7.40. The zero-order valence-corrected chi connectivity index (χ0v) is 50.0. The van der Waals surface area contributed by atoms with Crippen molar-refractivity contribution >= 4 is 87.6 Å². The first-order chi connectivity index (χ1) is 39.8. The highest BCUT2D eigenvalue weighted by Gasteiger charge is 2.41. The number of para-hydroxylation sites is 1. The monoisotopic (exact) mass is 1180 g/mol. The maximum Gasteiger partial charge on any atom is 0.287 e. The summed E-state index contributed by atoms with van der Waals surface area (Å²) in [5.74, 6) is -9.82. The van der Waals surface area contributed by atoms with Gasteiger partial charge in [0.25, 0.3) is 5.91 Å². The largest absolute Gasteiger partial charge is 0.368 e. The van der Waals surface area contributed by atoms with E-state index in [2.05, 4.69) is 52.8 Å². The molecule has 1 aromatic carbocycles. The summed E-state index contributed by atoms with van der Waals surface area (Å²) in [6.07, 6.45) is 4.31. The summed E-state index contributed by atoms with van der Waals surface area (Å²) < 4.78 is 0. The van der Waals surface area contributed by atoms with E-state index in [1.165, 1.54) is 23.8 Å². The quantitative estimate of drug-likeness (QED) is 0.0412. The van der Waals surface area contributed by atoms with E-state index in [1.807, 2.05) is 58.9 Å². The lowest BCUT2D eigenvalue weighted by molar-refractivity contribution is -0.143. The Morgan fingerprint density at radius 3 is 1.88 bits per heavy atom. The number of unbranched alkanes of at least 4 members (excludes halogenated alkanes) is 1. The van der Waals surface area contributed by atoms with Gasteiger partial charge in [-0.1, -0.05) is 85.9 Å². The lowest BCUT2D eigenvalue weighted by Crippen LogP contribution is -2.61. The van der Waals surface area contributed by atoms with Crippen molar-refractivity contribution in [3.8, 4) is 0 Å². The van der Waals surface area contributed by atoms with Crippen molar-refractivity contribution in [2.24, 2.45) is 23.5 Å². The van der Waals surface area contributed by atoms with Crippen LogP contribution in [0.2, 0.25) is 0 Å². The molecule has 2 aliphatic rings. The Bertz CT molecular complexity index is 2690. The molecule has 26 nitrogen and oxygen atoms in total. The van der Waals surface area contributed by atoms with Crippen molar-refractivity contribution in [1.29, 1.82) is 0 Å². The minimum Gasteiger partial charge on any atom is -0.368 e. The molecule has 9 atom stereocenters. The number of benzene rings is 1. The molecule has 0 bridgehead atoms. The molecule has 4 rings (SSSR count). The Morgan fingerprint density at radius 1 is 0.655 bits per heavy atom. The van der Waals surface area contributed by atoms with Gasteiger partial charge in [0.05, 0.1) is 13.1 Å². The van der Waals surface area contributed by atoms with E-state index < -0.39 is 157 Å². The van der Waals surface area contributed by atoms with Crippen LogP contribution < -0.4 is 53.6 Å². The molecule has 0 aliphatic carbocycles. The number of nitrogens with zero attached hydrogens (tertiary/aromatic N) is 2. The van der Waals surface area contributed by atoms with E-state index in [9.17, 15) is 62.3 Å². The predicted molar refractivity (Wildman–Crippen MR) is 310 cm³/mol. The van der Waals surface area contributed by atoms with Gasteiger partial charge in [-0.15, -0.1) is 0 Å². The van der Waals surface area contributed by atoms with Crippen LogP contribution in [0.3, 0.4) is 0 Å². The van der Waals surface area contributed by atoms with Gasteiger partial charge in [0, 0.05) is 57.0 Å².